The summed E-state index contributed by atoms with van der Waals surface area (Å²) < 4.78 is 15.3. The highest BCUT2D eigenvalue weighted by atomic mass is 32.2. The van der Waals surface area contributed by atoms with E-state index in [1.807, 2.05) is 45.0 Å². The van der Waals surface area contributed by atoms with Crippen molar-refractivity contribution in [3.8, 4) is 17.2 Å². The van der Waals surface area contributed by atoms with Gasteiger partial charge in [-0.25, -0.2) is 0 Å². The lowest BCUT2D eigenvalue weighted by Gasteiger charge is -2.24. The standard InChI is InChI=1S/C24H28N4O3S/c1-15-11-20(16(2)27(15)19-9-10-22-23(12-19)31-14-30-22)21(29)13-32-24-26-25-17(3)28(24)18-7-5-4-6-8-18/h9-12,18H,4-8,13-14H2,1-3H3. The third-order valence-electron chi connectivity index (χ3n) is 6.45. The van der Waals surface area contributed by atoms with E-state index in [1.54, 1.807) is 0 Å². The topological polar surface area (TPSA) is 71.2 Å². The molecule has 5 rings (SSSR count). The Balaban J connectivity index is 1.35. The Labute approximate surface area is 192 Å². The van der Waals surface area contributed by atoms with Crippen molar-refractivity contribution in [1.82, 2.24) is 19.3 Å². The number of aromatic nitrogens is 4. The molecule has 1 aromatic carbocycles. The van der Waals surface area contributed by atoms with Crippen molar-refractivity contribution in [3.63, 3.8) is 0 Å². The Bertz CT molecular complexity index is 1160. The lowest BCUT2D eigenvalue weighted by molar-refractivity contribution is 0.102. The van der Waals surface area contributed by atoms with Gasteiger partial charge in [-0.3, -0.25) is 4.79 Å². The summed E-state index contributed by atoms with van der Waals surface area (Å²) in [6.45, 7) is 6.26. The lowest BCUT2D eigenvalue weighted by atomic mass is 9.95. The monoisotopic (exact) mass is 452 g/mol. The van der Waals surface area contributed by atoms with Crippen molar-refractivity contribution in [2.45, 2.75) is 64.1 Å². The van der Waals surface area contributed by atoms with Crippen LogP contribution in [0.25, 0.3) is 5.69 Å². The Morgan fingerprint density at radius 2 is 1.84 bits per heavy atom. The summed E-state index contributed by atoms with van der Waals surface area (Å²) in [7, 11) is 0. The predicted octanol–water partition coefficient (Wildman–Crippen LogP) is 5.20. The maximum absolute atomic E-state index is 13.2. The molecule has 2 aliphatic rings. The summed E-state index contributed by atoms with van der Waals surface area (Å²) in [6, 6.07) is 8.29. The average molecular weight is 453 g/mol. The molecular formula is C24H28N4O3S. The van der Waals surface area contributed by atoms with Gasteiger partial charge >= 0.3 is 0 Å². The fourth-order valence-electron chi connectivity index (χ4n) is 4.88. The summed E-state index contributed by atoms with van der Waals surface area (Å²) >= 11 is 1.49. The zero-order valence-electron chi connectivity index (χ0n) is 18.8. The summed E-state index contributed by atoms with van der Waals surface area (Å²) in [6.07, 6.45) is 6.13. The van der Waals surface area contributed by atoms with Gasteiger partial charge in [-0.15, -0.1) is 10.2 Å². The smallest absolute Gasteiger partial charge is 0.231 e. The van der Waals surface area contributed by atoms with E-state index >= 15 is 0 Å². The minimum atomic E-state index is 0.103. The van der Waals surface area contributed by atoms with Crippen LogP contribution >= 0.6 is 11.8 Å². The lowest BCUT2D eigenvalue weighted by Crippen LogP contribution is -2.15. The molecule has 0 unspecified atom stereocenters. The first-order valence-corrected chi connectivity index (χ1v) is 12.2. The van der Waals surface area contributed by atoms with E-state index in [2.05, 4.69) is 19.3 Å². The first-order valence-electron chi connectivity index (χ1n) is 11.2. The highest BCUT2D eigenvalue weighted by Crippen LogP contribution is 2.36. The molecule has 2 aromatic heterocycles. The second-order valence-electron chi connectivity index (χ2n) is 8.56. The zero-order chi connectivity index (χ0) is 22.2. The molecule has 0 atom stereocenters. The Morgan fingerprint density at radius 3 is 2.66 bits per heavy atom. The first-order chi connectivity index (χ1) is 15.5. The Hall–Kier alpha value is -2.74. The largest absolute Gasteiger partial charge is 0.454 e. The molecule has 3 aromatic rings. The molecule has 7 nitrogen and oxygen atoms in total. The maximum atomic E-state index is 13.2. The number of hydrogen-bond donors (Lipinski definition) is 0. The predicted molar refractivity (Wildman–Crippen MR) is 123 cm³/mol. The van der Waals surface area contributed by atoms with Crippen LogP contribution in [0.4, 0.5) is 0 Å². The maximum Gasteiger partial charge on any atom is 0.231 e. The number of thioether (sulfide) groups is 1. The average Bonchev–Trinajstić information content (AvgIpc) is 3.49. The number of nitrogens with zero attached hydrogens (tertiary/aromatic N) is 4. The molecule has 3 heterocycles. The number of fused-ring (bicyclic) bond motifs is 1. The number of ether oxygens (including phenoxy) is 2. The van der Waals surface area contributed by atoms with Crippen LogP contribution in [-0.4, -0.2) is 37.7 Å². The second-order valence-corrected chi connectivity index (χ2v) is 9.50. The van der Waals surface area contributed by atoms with Gasteiger partial charge in [-0.05, 0) is 51.8 Å². The number of benzene rings is 1. The van der Waals surface area contributed by atoms with Gasteiger partial charge in [0.1, 0.15) is 5.82 Å². The summed E-state index contributed by atoms with van der Waals surface area (Å²) in [5, 5.41) is 9.53. The molecule has 1 aliphatic heterocycles. The Morgan fingerprint density at radius 1 is 1.06 bits per heavy atom. The SMILES string of the molecule is Cc1cc(C(=O)CSc2nnc(C)n2C2CCCCC2)c(C)n1-c1ccc2c(c1)OCO2. The van der Waals surface area contributed by atoms with Gasteiger partial charge in [-0.1, -0.05) is 31.0 Å². The number of Topliss-reactive ketones (excluding diaryl/α,β-unsaturated/α-hetero) is 1. The Kier molecular flexibility index (Phi) is 5.71. The number of carbonyl (C=O) groups excluding carboxylic acids is 1. The van der Waals surface area contributed by atoms with E-state index in [0.717, 1.165) is 58.0 Å². The number of aryl methyl sites for hydroxylation is 2. The van der Waals surface area contributed by atoms with Crippen molar-refractivity contribution >= 4 is 17.5 Å². The molecule has 0 spiro atoms. The van der Waals surface area contributed by atoms with Crippen molar-refractivity contribution in [2.75, 3.05) is 12.5 Å². The molecule has 0 saturated heterocycles. The van der Waals surface area contributed by atoms with Gasteiger partial charge in [0.2, 0.25) is 6.79 Å². The first kappa shape index (κ1) is 21.1. The molecule has 1 saturated carbocycles. The molecule has 8 heteroatoms. The van der Waals surface area contributed by atoms with Crippen LogP contribution in [0.15, 0.2) is 29.4 Å². The van der Waals surface area contributed by atoms with Crippen LogP contribution in [0, 0.1) is 20.8 Å². The third-order valence-corrected chi connectivity index (χ3v) is 7.40. The molecule has 0 N–H and O–H groups in total. The van der Waals surface area contributed by atoms with Gasteiger partial charge in [0.15, 0.2) is 22.4 Å². The molecule has 1 aliphatic carbocycles. The normalized spacial score (nSPS) is 16.0. The van der Waals surface area contributed by atoms with Crippen LogP contribution in [0.5, 0.6) is 11.5 Å². The van der Waals surface area contributed by atoms with Crippen LogP contribution in [-0.2, 0) is 0 Å². The molecule has 168 valence electrons. The van der Waals surface area contributed by atoms with Crippen LogP contribution < -0.4 is 9.47 Å². The summed E-state index contributed by atoms with van der Waals surface area (Å²) in [4.78, 5) is 13.2. The van der Waals surface area contributed by atoms with E-state index in [1.165, 1.54) is 31.0 Å². The van der Waals surface area contributed by atoms with Gasteiger partial charge in [0, 0.05) is 34.7 Å². The molecule has 0 radical (unpaired) electrons. The van der Waals surface area contributed by atoms with E-state index in [0.29, 0.717) is 11.8 Å². The highest BCUT2D eigenvalue weighted by molar-refractivity contribution is 7.99. The fraction of sp³-hybridized carbons (Fsp3) is 0.458. The molecular weight excluding hydrogens is 424 g/mol. The second kappa shape index (κ2) is 8.65. The quantitative estimate of drug-likeness (QED) is 0.378. The van der Waals surface area contributed by atoms with Gasteiger partial charge in [-0.2, -0.15) is 0 Å². The van der Waals surface area contributed by atoms with Crippen LogP contribution in [0.3, 0.4) is 0 Å². The van der Waals surface area contributed by atoms with Crippen LogP contribution in [0.1, 0.15) is 65.7 Å². The fourth-order valence-corrected chi connectivity index (χ4v) is 5.82. The molecule has 32 heavy (non-hydrogen) atoms. The number of carbonyl (C=O) groups is 1. The van der Waals surface area contributed by atoms with Crippen molar-refractivity contribution in [2.24, 2.45) is 0 Å². The van der Waals surface area contributed by atoms with E-state index in [9.17, 15) is 4.79 Å². The molecule has 0 amide bonds. The third kappa shape index (κ3) is 3.81. The van der Waals surface area contributed by atoms with E-state index in [4.69, 9.17) is 9.47 Å². The number of hydrogen-bond acceptors (Lipinski definition) is 6. The van der Waals surface area contributed by atoms with Crippen molar-refractivity contribution in [3.05, 3.63) is 47.0 Å². The van der Waals surface area contributed by atoms with E-state index in [-0.39, 0.29) is 12.6 Å². The van der Waals surface area contributed by atoms with Gasteiger partial charge in [0.05, 0.1) is 5.75 Å². The number of rotatable bonds is 6. The molecule has 1 fully saturated rings. The van der Waals surface area contributed by atoms with Gasteiger partial charge in [0.25, 0.3) is 0 Å². The molecule has 0 bridgehead atoms. The minimum absolute atomic E-state index is 0.103. The van der Waals surface area contributed by atoms with Gasteiger partial charge < -0.3 is 18.6 Å². The van der Waals surface area contributed by atoms with Crippen molar-refractivity contribution in [1.29, 1.82) is 0 Å². The highest BCUT2D eigenvalue weighted by Gasteiger charge is 2.23. The van der Waals surface area contributed by atoms with Crippen LogP contribution in [0.2, 0.25) is 0 Å². The number of ketones is 1. The summed E-state index contributed by atoms with van der Waals surface area (Å²) in [5.74, 6) is 2.87. The summed E-state index contributed by atoms with van der Waals surface area (Å²) in [5.41, 5.74) is 3.64. The minimum Gasteiger partial charge on any atom is -0.454 e. The van der Waals surface area contributed by atoms with Crippen molar-refractivity contribution < 1.29 is 14.3 Å². The zero-order valence-corrected chi connectivity index (χ0v) is 19.6. The van der Waals surface area contributed by atoms with E-state index < -0.39 is 0 Å².